The molecule has 0 bridgehead atoms. The monoisotopic (exact) mass is 323 g/mol. The Morgan fingerprint density at radius 3 is 2.50 bits per heavy atom. The summed E-state index contributed by atoms with van der Waals surface area (Å²) in [6, 6.07) is -0.764. The molecule has 1 amide bonds. The molecule has 104 valence electrons. The standard InChI is InChI=1S/C11H18BrNO5/c1-8(12)6-9(11(15)17-3)13-10(14)7-18-5-4-16-2/h9H,1,4-7H2,2-3H3,(H,13,14)/t9-/m1/s1. The third-order valence-electron chi connectivity index (χ3n) is 1.91. The molecule has 0 rings (SSSR count). The number of carbonyl (C=O) groups is 2. The molecule has 0 aromatic heterocycles. The molecule has 18 heavy (non-hydrogen) atoms. The molecule has 0 saturated heterocycles. The normalized spacial score (nSPS) is 11.7. The van der Waals surface area contributed by atoms with Crippen molar-refractivity contribution < 1.29 is 23.8 Å². The van der Waals surface area contributed by atoms with Gasteiger partial charge in [-0.2, -0.15) is 0 Å². The highest BCUT2D eigenvalue weighted by molar-refractivity contribution is 9.11. The molecule has 0 aromatic rings. The summed E-state index contributed by atoms with van der Waals surface area (Å²) in [5, 5.41) is 2.51. The van der Waals surface area contributed by atoms with E-state index in [1.165, 1.54) is 7.11 Å². The van der Waals surface area contributed by atoms with E-state index in [0.717, 1.165) is 0 Å². The van der Waals surface area contributed by atoms with Crippen LogP contribution in [0.5, 0.6) is 0 Å². The van der Waals surface area contributed by atoms with E-state index in [-0.39, 0.29) is 13.0 Å². The van der Waals surface area contributed by atoms with Gasteiger partial charge in [0.05, 0.1) is 20.3 Å². The first-order valence-electron chi connectivity index (χ1n) is 5.28. The van der Waals surface area contributed by atoms with Crippen molar-refractivity contribution in [2.75, 3.05) is 34.0 Å². The van der Waals surface area contributed by atoms with Crippen LogP contribution in [0.25, 0.3) is 0 Å². The van der Waals surface area contributed by atoms with Gasteiger partial charge in [0.2, 0.25) is 5.91 Å². The Balaban J connectivity index is 4.10. The fourth-order valence-electron chi connectivity index (χ4n) is 1.10. The van der Waals surface area contributed by atoms with Crippen LogP contribution >= 0.6 is 15.9 Å². The van der Waals surface area contributed by atoms with E-state index in [1.807, 2.05) is 0 Å². The lowest BCUT2D eigenvalue weighted by molar-refractivity contribution is -0.145. The number of hydrogen-bond donors (Lipinski definition) is 1. The molecule has 0 radical (unpaired) electrons. The van der Waals surface area contributed by atoms with E-state index >= 15 is 0 Å². The summed E-state index contributed by atoms with van der Waals surface area (Å²) in [5.41, 5.74) is 0. The number of methoxy groups -OCH3 is 2. The summed E-state index contributed by atoms with van der Waals surface area (Å²) >= 11 is 3.13. The first kappa shape index (κ1) is 17.1. The van der Waals surface area contributed by atoms with Gasteiger partial charge in [-0.05, 0) is 4.48 Å². The van der Waals surface area contributed by atoms with Gasteiger partial charge in [-0.3, -0.25) is 4.79 Å². The number of carbonyl (C=O) groups excluding carboxylic acids is 2. The van der Waals surface area contributed by atoms with Gasteiger partial charge in [0.25, 0.3) is 0 Å². The number of nitrogens with one attached hydrogen (secondary N) is 1. The molecule has 7 heteroatoms. The van der Waals surface area contributed by atoms with Crippen molar-refractivity contribution in [1.29, 1.82) is 0 Å². The van der Waals surface area contributed by atoms with E-state index in [2.05, 4.69) is 32.6 Å². The molecule has 0 saturated carbocycles. The quantitative estimate of drug-likeness (QED) is 0.497. The van der Waals surface area contributed by atoms with Gasteiger partial charge in [-0.1, -0.05) is 22.5 Å². The lowest BCUT2D eigenvalue weighted by atomic mass is 10.2. The summed E-state index contributed by atoms with van der Waals surface area (Å²) in [6.45, 7) is 4.21. The second-order valence-electron chi connectivity index (χ2n) is 3.41. The zero-order chi connectivity index (χ0) is 14.0. The van der Waals surface area contributed by atoms with E-state index in [9.17, 15) is 9.59 Å². The highest BCUT2D eigenvalue weighted by atomic mass is 79.9. The third kappa shape index (κ3) is 8.21. The van der Waals surface area contributed by atoms with Gasteiger partial charge >= 0.3 is 5.97 Å². The van der Waals surface area contributed by atoms with Crippen molar-refractivity contribution in [3.63, 3.8) is 0 Å². The Labute approximate surface area is 115 Å². The summed E-state index contributed by atoms with van der Waals surface area (Å²) in [6.07, 6.45) is 0.260. The Bertz CT molecular complexity index is 295. The molecule has 0 spiro atoms. The zero-order valence-corrected chi connectivity index (χ0v) is 12.1. The molecule has 1 N–H and O–H groups in total. The van der Waals surface area contributed by atoms with Gasteiger partial charge in [0, 0.05) is 13.5 Å². The van der Waals surface area contributed by atoms with Crippen molar-refractivity contribution in [1.82, 2.24) is 5.32 Å². The van der Waals surface area contributed by atoms with Gasteiger partial charge in [-0.15, -0.1) is 0 Å². The number of esters is 1. The molecular formula is C11H18BrNO5. The topological polar surface area (TPSA) is 73.9 Å². The van der Waals surface area contributed by atoms with Crippen LogP contribution in [0.2, 0.25) is 0 Å². The Kier molecular flexibility index (Phi) is 9.53. The molecule has 0 unspecified atom stereocenters. The molecule has 0 fully saturated rings. The maximum absolute atomic E-state index is 11.5. The highest BCUT2D eigenvalue weighted by Gasteiger charge is 2.21. The SMILES string of the molecule is C=C(Br)C[C@@H](NC(=O)COCCOC)C(=O)OC. The predicted octanol–water partition coefficient (Wildman–Crippen LogP) is 0.606. The third-order valence-corrected chi connectivity index (χ3v) is 2.24. The summed E-state index contributed by atoms with van der Waals surface area (Å²) in [7, 11) is 2.80. The van der Waals surface area contributed by atoms with Gasteiger partial charge in [0.1, 0.15) is 12.6 Å². The number of rotatable bonds is 9. The maximum atomic E-state index is 11.5. The van der Waals surface area contributed by atoms with Crippen molar-refractivity contribution in [3.05, 3.63) is 11.1 Å². The van der Waals surface area contributed by atoms with Crippen LogP contribution < -0.4 is 5.32 Å². The molecular weight excluding hydrogens is 306 g/mol. The van der Waals surface area contributed by atoms with Crippen molar-refractivity contribution >= 4 is 27.8 Å². The van der Waals surface area contributed by atoms with Crippen LogP contribution in [-0.2, 0) is 23.8 Å². The van der Waals surface area contributed by atoms with Gasteiger partial charge in [0.15, 0.2) is 0 Å². The Morgan fingerprint density at radius 2 is 2.00 bits per heavy atom. The maximum Gasteiger partial charge on any atom is 0.328 e. The second-order valence-corrected chi connectivity index (χ2v) is 4.53. The average Bonchev–Trinajstić information content (AvgIpc) is 2.32. The van der Waals surface area contributed by atoms with Crippen LogP contribution in [0.4, 0.5) is 0 Å². The first-order valence-corrected chi connectivity index (χ1v) is 6.07. The number of amides is 1. The number of halogens is 1. The number of hydrogen-bond acceptors (Lipinski definition) is 5. The van der Waals surface area contributed by atoms with Crippen molar-refractivity contribution in [3.8, 4) is 0 Å². The first-order chi connectivity index (χ1) is 8.51. The molecule has 0 aliphatic carbocycles. The van der Waals surface area contributed by atoms with Gasteiger partial charge in [-0.25, -0.2) is 4.79 Å². The minimum Gasteiger partial charge on any atom is -0.467 e. The minimum atomic E-state index is -0.764. The van der Waals surface area contributed by atoms with E-state index in [1.54, 1.807) is 7.11 Å². The number of ether oxygens (including phenoxy) is 3. The molecule has 0 aliphatic rings. The fraction of sp³-hybridized carbons (Fsp3) is 0.636. The van der Waals surface area contributed by atoms with Crippen LogP contribution in [0.1, 0.15) is 6.42 Å². The Hall–Kier alpha value is -0.920. The van der Waals surface area contributed by atoms with E-state index in [0.29, 0.717) is 17.7 Å². The second kappa shape index (κ2) is 10.0. The Morgan fingerprint density at radius 1 is 1.33 bits per heavy atom. The highest BCUT2D eigenvalue weighted by Crippen LogP contribution is 2.10. The lowest BCUT2D eigenvalue weighted by Crippen LogP contribution is -2.43. The fourth-order valence-corrected chi connectivity index (χ4v) is 1.42. The summed E-state index contributed by atoms with van der Waals surface area (Å²) < 4.78 is 15.0. The largest absolute Gasteiger partial charge is 0.467 e. The molecule has 0 aliphatic heterocycles. The van der Waals surface area contributed by atoms with Crippen LogP contribution in [0.15, 0.2) is 11.1 Å². The van der Waals surface area contributed by atoms with E-state index in [4.69, 9.17) is 9.47 Å². The van der Waals surface area contributed by atoms with Crippen LogP contribution in [0, 0.1) is 0 Å². The minimum absolute atomic E-state index is 0.133. The van der Waals surface area contributed by atoms with Crippen molar-refractivity contribution in [2.24, 2.45) is 0 Å². The van der Waals surface area contributed by atoms with Crippen molar-refractivity contribution in [2.45, 2.75) is 12.5 Å². The molecule has 0 heterocycles. The predicted molar refractivity (Wildman–Crippen MR) is 69.3 cm³/mol. The molecule has 0 aromatic carbocycles. The van der Waals surface area contributed by atoms with Crippen LogP contribution in [0.3, 0.4) is 0 Å². The summed E-state index contributed by atoms with van der Waals surface area (Å²) in [4.78, 5) is 22.9. The van der Waals surface area contributed by atoms with Crippen LogP contribution in [-0.4, -0.2) is 52.0 Å². The van der Waals surface area contributed by atoms with E-state index < -0.39 is 17.9 Å². The van der Waals surface area contributed by atoms with Gasteiger partial charge < -0.3 is 19.5 Å². The molecule has 6 nitrogen and oxygen atoms in total. The smallest absolute Gasteiger partial charge is 0.328 e. The zero-order valence-electron chi connectivity index (χ0n) is 10.5. The molecule has 1 atom stereocenters. The summed E-state index contributed by atoms with van der Waals surface area (Å²) in [5.74, 6) is -0.920. The average molecular weight is 324 g/mol. The lowest BCUT2D eigenvalue weighted by Gasteiger charge is -2.15.